The Labute approximate surface area is 141 Å². The summed E-state index contributed by atoms with van der Waals surface area (Å²) >= 11 is 0. The Hall–Kier alpha value is -2.21. The molecule has 3 N–H and O–H groups in total. The molecule has 0 bridgehead atoms. The molecule has 1 aromatic carbocycles. The van der Waals surface area contributed by atoms with Gasteiger partial charge in [-0.25, -0.2) is 0 Å². The van der Waals surface area contributed by atoms with Crippen molar-refractivity contribution in [3.05, 3.63) is 29.6 Å². The van der Waals surface area contributed by atoms with Gasteiger partial charge in [-0.3, -0.25) is 4.79 Å². The van der Waals surface area contributed by atoms with Gasteiger partial charge in [0.1, 0.15) is 0 Å². The number of nitrogens with zero attached hydrogens (tertiary/aromatic N) is 2. The van der Waals surface area contributed by atoms with Gasteiger partial charge in [0.15, 0.2) is 5.82 Å². The molecule has 1 amide bonds. The first-order valence-corrected chi connectivity index (χ1v) is 8.56. The fraction of sp³-hybridized carbons (Fsp3) is 0.500. The highest BCUT2D eigenvalue weighted by molar-refractivity contribution is 5.92. The zero-order valence-corrected chi connectivity index (χ0v) is 14.2. The maximum absolute atomic E-state index is 12.3. The second-order valence-electron chi connectivity index (χ2n) is 6.51. The number of hydrogen-bond donors (Lipinski definition) is 2. The largest absolute Gasteiger partial charge is 0.334 e. The van der Waals surface area contributed by atoms with Crippen LogP contribution < -0.4 is 11.1 Å². The second kappa shape index (κ2) is 7.13. The Morgan fingerprint density at radius 1 is 1.42 bits per heavy atom. The van der Waals surface area contributed by atoms with Crippen molar-refractivity contribution in [2.45, 2.75) is 52.0 Å². The molecular formula is C18H24N4O2. The number of aromatic nitrogens is 2. The lowest BCUT2D eigenvalue weighted by atomic mass is 9.99. The average Bonchev–Trinajstić information content (AvgIpc) is 3.19. The minimum Gasteiger partial charge on any atom is -0.334 e. The summed E-state index contributed by atoms with van der Waals surface area (Å²) in [7, 11) is 0. The van der Waals surface area contributed by atoms with E-state index in [4.69, 9.17) is 10.3 Å². The van der Waals surface area contributed by atoms with Crippen LogP contribution >= 0.6 is 0 Å². The van der Waals surface area contributed by atoms with Gasteiger partial charge in [0.05, 0.1) is 0 Å². The molecule has 2 atom stereocenters. The van der Waals surface area contributed by atoms with Gasteiger partial charge in [-0.1, -0.05) is 24.6 Å². The summed E-state index contributed by atoms with van der Waals surface area (Å²) in [4.78, 5) is 16.7. The highest BCUT2D eigenvalue weighted by Crippen LogP contribution is 2.28. The van der Waals surface area contributed by atoms with Gasteiger partial charge in [0, 0.05) is 30.1 Å². The smallest absolute Gasteiger partial charge is 0.257 e. The first-order valence-electron chi connectivity index (χ1n) is 8.56. The molecule has 1 aromatic heterocycles. The van der Waals surface area contributed by atoms with E-state index in [1.165, 1.54) is 0 Å². The third kappa shape index (κ3) is 3.64. The van der Waals surface area contributed by atoms with Gasteiger partial charge < -0.3 is 15.6 Å². The van der Waals surface area contributed by atoms with E-state index in [2.05, 4.69) is 15.5 Å². The fourth-order valence-electron chi connectivity index (χ4n) is 3.16. The molecule has 1 aliphatic carbocycles. The lowest BCUT2D eigenvalue weighted by molar-refractivity contribution is -0.117. The normalized spacial score (nSPS) is 20.3. The Balaban J connectivity index is 1.72. The predicted octanol–water partition coefficient (Wildman–Crippen LogP) is 3.06. The molecule has 0 unspecified atom stereocenters. The zero-order valence-electron chi connectivity index (χ0n) is 14.2. The molecule has 6 heteroatoms. The lowest BCUT2D eigenvalue weighted by Crippen LogP contribution is -2.28. The van der Waals surface area contributed by atoms with Crippen molar-refractivity contribution in [1.82, 2.24) is 10.1 Å². The summed E-state index contributed by atoms with van der Waals surface area (Å²) in [6.45, 7) is 3.94. The number of amides is 1. The first-order chi connectivity index (χ1) is 11.6. The number of anilines is 1. The standard InChI is InChI=1S/C18H24N4O2/c1-3-16-21-18(24-22-16)13-8-7-11(2)15(9-13)20-17(23)10-12-5-4-6-14(12)19/h7-9,12,14H,3-6,10,19H2,1-2H3,(H,20,23)/t12-,14+/m0/s1. The van der Waals surface area contributed by atoms with E-state index in [-0.39, 0.29) is 17.9 Å². The highest BCUT2D eigenvalue weighted by Gasteiger charge is 2.26. The van der Waals surface area contributed by atoms with Gasteiger partial charge in [0.2, 0.25) is 5.91 Å². The lowest BCUT2D eigenvalue weighted by Gasteiger charge is -2.15. The van der Waals surface area contributed by atoms with Crippen molar-refractivity contribution in [1.29, 1.82) is 0 Å². The van der Waals surface area contributed by atoms with Crippen molar-refractivity contribution in [3.63, 3.8) is 0 Å². The third-order valence-electron chi connectivity index (χ3n) is 4.71. The SMILES string of the molecule is CCc1noc(-c2ccc(C)c(NC(=O)C[C@@H]3CCC[C@H]3N)c2)n1. The van der Waals surface area contributed by atoms with Crippen molar-refractivity contribution < 1.29 is 9.32 Å². The van der Waals surface area contributed by atoms with Crippen molar-refractivity contribution >= 4 is 11.6 Å². The van der Waals surface area contributed by atoms with Gasteiger partial charge in [0.25, 0.3) is 5.89 Å². The molecule has 128 valence electrons. The number of carbonyl (C=O) groups is 1. The quantitative estimate of drug-likeness (QED) is 0.879. The summed E-state index contributed by atoms with van der Waals surface area (Å²) < 4.78 is 5.27. The maximum Gasteiger partial charge on any atom is 0.257 e. The van der Waals surface area contributed by atoms with Gasteiger partial charge in [-0.05, 0) is 43.4 Å². The van der Waals surface area contributed by atoms with Crippen molar-refractivity contribution in [3.8, 4) is 11.5 Å². The van der Waals surface area contributed by atoms with E-state index in [0.29, 0.717) is 18.1 Å². The molecule has 0 spiro atoms. The number of carbonyl (C=O) groups excluding carboxylic acids is 1. The van der Waals surface area contributed by atoms with Gasteiger partial charge >= 0.3 is 0 Å². The summed E-state index contributed by atoms with van der Waals surface area (Å²) in [5, 5.41) is 6.92. The molecule has 2 aromatic rings. The second-order valence-corrected chi connectivity index (χ2v) is 6.51. The zero-order chi connectivity index (χ0) is 17.1. The Bertz CT molecular complexity index is 726. The number of nitrogens with one attached hydrogen (secondary N) is 1. The van der Waals surface area contributed by atoms with Crippen LogP contribution in [0.5, 0.6) is 0 Å². The molecule has 1 heterocycles. The van der Waals surface area contributed by atoms with E-state index in [1.54, 1.807) is 0 Å². The molecule has 1 fully saturated rings. The monoisotopic (exact) mass is 328 g/mol. The van der Waals surface area contributed by atoms with Crippen molar-refractivity contribution in [2.24, 2.45) is 11.7 Å². The van der Waals surface area contributed by atoms with Crippen LogP contribution in [0.25, 0.3) is 11.5 Å². The van der Waals surface area contributed by atoms with Gasteiger partial charge in [-0.15, -0.1) is 0 Å². The summed E-state index contributed by atoms with van der Waals surface area (Å²) in [6, 6.07) is 5.90. The minimum absolute atomic E-state index is 0.0115. The van der Waals surface area contributed by atoms with Crippen LogP contribution in [-0.4, -0.2) is 22.1 Å². The van der Waals surface area contributed by atoms with Crippen LogP contribution in [0, 0.1) is 12.8 Å². The molecule has 1 aliphatic rings. The first kappa shape index (κ1) is 16.6. The summed E-state index contributed by atoms with van der Waals surface area (Å²) in [5.41, 5.74) is 8.64. The van der Waals surface area contributed by atoms with Crippen LogP contribution in [0.2, 0.25) is 0 Å². The highest BCUT2D eigenvalue weighted by atomic mass is 16.5. The number of rotatable bonds is 5. The van der Waals surface area contributed by atoms with Crippen LogP contribution in [0.4, 0.5) is 5.69 Å². The molecule has 6 nitrogen and oxygen atoms in total. The van der Waals surface area contributed by atoms with Crippen LogP contribution in [0.3, 0.4) is 0 Å². The number of nitrogens with two attached hydrogens (primary N) is 1. The molecule has 0 radical (unpaired) electrons. The Kier molecular flexibility index (Phi) is 4.94. The van der Waals surface area contributed by atoms with E-state index in [9.17, 15) is 4.79 Å². The summed E-state index contributed by atoms with van der Waals surface area (Å²) in [6.07, 6.45) is 4.37. The van der Waals surface area contributed by atoms with Gasteiger partial charge in [-0.2, -0.15) is 4.98 Å². The van der Waals surface area contributed by atoms with Crippen LogP contribution in [-0.2, 0) is 11.2 Å². The van der Waals surface area contributed by atoms with E-state index >= 15 is 0 Å². The van der Waals surface area contributed by atoms with Crippen LogP contribution in [0.15, 0.2) is 22.7 Å². The number of aryl methyl sites for hydroxylation is 2. The molecule has 24 heavy (non-hydrogen) atoms. The molecule has 0 saturated heterocycles. The van der Waals surface area contributed by atoms with Crippen LogP contribution in [0.1, 0.15) is 44.0 Å². The number of hydrogen-bond acceptors (Lipinski definition) is 5. The van der Waals surface area contributed by atoms with E-state index in [0.717, 1.165) is 42.5 Å². The molecular weight excluding hydrogens is 304 g/mol. The van der Waals surface area contributed by atoms with E-state index in [1.807, 2.05) is 32.0 Å². The molecule has 1 saturated carbocycles. The third-order valence-corrected chi connectivity index (χ3v) is 4.71. The average molecular weight is 328 g/mol. The predicted molar refractivity (Wildman–Crippen MR) is 92.4 cm³/mol. The summed E-state index contributed by atoms with van der Waals surface area (Å²) in [5.74, 6) is 1.44. The maximum atomic E-state index is 12.3. The Morgan fingerprint density at radius 3 is 2.92 bits per heavy atom. The fourth-order valence-corrected chi connectivity index (χ4v) is 3.16. The Morgan fingerprint density at radius 2 is 2.25 bits per heavy atom. The van der Waals surface area contributed by atoms with E-state index < -0.39 is 0 Å². The molecule has 0 aliphatic heterocycles. The van der Waals surface area contributed by atoms with Crippen molar-refractivity contribution in [2.75, 3.05) is 5.32 Å². The number of benzene rings is 1. The molecule has 3 rings (SSSR count). The topological polar surface area (TPSA) is 94.0 Å². The minimum atomic E-state index is 0.0115.